The van der Waals surface area contributed by atoms with Crippen LogP contribution in [-0.2, 0) is 9.59 Å². The molecule has 0 fully saturated rings. The Morgan fingerprint density at radius 2 is 1.77 bits per heavy atom. The molecule has 4 aromatic rings. The summed E-state index contributed by atoms with van der Waals surface area (Å²) in [5, 5.41) is 10.9. The Hall–Kier alpha value is -4.05. The number of thioether (sulfide) groups is 1. The summed E-state index contributed by atoms with van der Waals surface area (Å²) in [6, 6.07) is 23.0. The molecule has 0 spiro atoms. The number of methoxy groups -OCH3 is 1. The Morgan fingerprint density at radius 3 is 2.50 bits per heavy atom. The first-order chi connectivity index (χ1) is 19.3. The van der Waals surface area contributed by atoms with Gasteiger partial charge in [-0.05, 0) is 66.4 Å². The highest BCUT2D eigenvalue weighted by Crippen LogP contribution is 2.31. The molecule has 1 heterocycles. The van der Waals surface area contributed by atoms with Crippen LogP contribution in [0, 0.1) is 6.92 Å². The number of halogens is 1. The summed E-state index contributed by atoms with van der Waals surface area (Å²) < 4.78 is 5.32. The van der Waals surface area contributed by atoms with E-state index < -0.39 is 5.91 Å². The Morgan fingerprint density at radius 1 is 0.975 bits per heavy atom. The number of carbonyl (C=O) groups excluding carboxylic acids is 3. The van der Waals surface area contributed by atoms with Crippen LogP contribution in [0.4, 0.5) is 11.4 Å². The molecular weight excluding hydrogens is 566 g/mol. The molecule has 0 saturated heterocycles. The lowest BCUT2D eigenvalue weighted by Gasteiger charge is -2.13. The standard InChI is InChI=1S/C30H26ClN3O4S2/c1-19-14-25(27(38-2)17-24(19)31)33-28(35)18-40-22-11-6-10-21(15-22)32-30(37)26(16-23-12-7-13-39-23)34-29(36)20-8-4-3-5-9-20/h3-17H,18H2,1-2H3,(H,32,37)(H,33,35)(H,34,36)/b26-16-. The largest absolute Gasteiger partial charge is 0.495 e. The maximum atomic E-state index is 13.2. The molecule has 3 aromatic carbocycles. The third kappa shape index (κ3) is 7.98. The van der Waals surface area contributed by atoms with Crippen molar-refractivity contribution in [2.45, 2.75) is 11.8 Å². The van der Waals surface area contributed by atoms with Crippen LogP contribution in [-0.4, -0.2) is 30.6 Å². The van der Waals surface area contributed by atoms with E-state index in [1.54, 1.807) is 60.7 Å². The van der Waals surface area contributed by atoms with E-state index in [9.17, 15) is 14.4 Å². The summed E-state index contributed by atoms with van der Waals surface area (Å²) in [6.07, 6.45) is 1.64. The highest BCUT2D eigenvalue weighted by Gasteiger charge is 2.16. The molecule has 0 atom stereocenters. The van der Waals surface area contributed by atoms with Crippen molar-refractivity contribution in [2.75, 3.05) is 23.5 Å². The molecule has 0 saturated carbocycles. The van der Waals surface area contributed by atoms with Crippen LogP contribution >= 0.6 is 34.7 Å². The van der Waals surface area contributed by atoms with Crippen molar-refractivity contribution in [1.29, 1.82) is 0 Å². The van der Waals surface area contributed by atoms with Crippen molar-refractivity contribution in [3.63, 3.8) is 0 Å². The van der Waals surface area contributed by atoms with Crippen LogP contribution in [0.2, 0.25) is 5.02 Å². The zero-order chi connectivity index (χ0) is 28.5. The molecule has 40 heavy (non-hydrogen) atoms. The number of anilines is 2. The van der Waals surface area contributed by atoms with Gasteiger partial charge in [-0.25, -0.2) is 0 Å². The molecule has 0 radical (unpaired) electrons. The lowest BCUT2D eigenvalue weighted by molar-refractivity contribution is -0.114. The fourth-order valence-electron chi connectivity index (χ4n) is 3.59. The van der Waals surface area contributed by atoms with Crippen molar-refractivity contribution >= 4 is 69.9 Å². The quantitative estimate of drug-likeness (QED) is 0.138. The third-order valence-corrected chi connectivity index (χ3v) is 7.80. The number of ether oxygens (including phenoxy) is 1. The van der Waals surface area contributed by atoms with Crippen molar-refractivity contribution in [2.24, 2.45) is 0 Å². The van der Waals surface area contributed by atoms with Gasteiger partial charge in [0.05, 0.1) is 18.6 Å². The van der Waals surface area contributed by atoms with Gasteiger partial charge in [0.1, 0.15) is 11.4 Å². The highest BCUT2D eigenvalue weighted by atomic mass is 35.5. The lowest BCUT2D eigenvalue weighted by Crippen LogP contribution is -2.30. The van der Waals surface area contributed by atoms with E-state index in [1.807, 2.05) is 36.6 Å². The van der Waals surface area contributed by atoms with Crippen LogP contribution in [0.1, 0.15) is 20.8 Å². The Bertz CT molecular complexity index is 1540. The van der Waals surface area contributed by atoms with Gasteiger partial charge in [0.2, 0.25) is 5.91 Å². The average Bonchev–Trinajstić information content (AvgIpc) is 3.47. The van der Waals surface area contributed by atoms with Gasteiger partial charge in [-0.3, -0.25) is 14.4 Å². The van der Waals surface area contributed by atoms with Crippen molar-refractivity contribution in [3.05, 3.63) is 111 Å². The molecule has 7 nitrogen and oxygen atoms in total. The van der Waals surface area contributed by atoms with Gasteiger partial charge >= 0.3 is 0 Å². The van der Waals surface area contributed by atoms with E-state index >= 15 is 0 Å². The normalized spacial score (nSPS) is 11.0. The number of nitrogens with one attached hydrogen (secondary N) is 3. The summed E-state index contributed by atoms with van der Waals surface area (Å²) in [5.74, 6) is -0.461. The van der Waals surface area contributed by atoms with Gasteiger partial charge in [-0.1, -0.05) is 41.9 Å². The van der Waals surface area contributed by atoms with Crippen LogP contribution in [0.25, 0.3) is 6.08 Å². The number of benzene rings is 3. The molecule has 0 aliphatic rings. The predicted molar refractivity (Wildman–Crippen MR) is 163 cm³/mol. The minimum Gasteiger partial charge on any atom is -0.495 e. The molecule has 1 aromatic heterocycles. The molecule has 0 unspecified atom stereocenters. The number of hydrogen-bond donors (Lipinski definition) is 3. The van der Waals surface area contributed by atoms with Crippen molar-refractivity contribution in [1.82, 2.24) is 5.32 Å². The van der Waals surface area contributed by atoms with E-state index in [0.717, 1.165) is 15.3 Å². The molecule has 10 heteroatoms. The topological polar surface area (TPSA) is 96.5 Å². The molecule has 0 aliphatic heterocycles. The first kappa shape index (κ1) is 28.9. The van der Waals surface area contributed by atoms with E-state index in [4.69, 9.17) is 16.3 Å². The SMILES string of the molecule is COc1cc(Cl)c(C)cc1NC(=O)CSc1cccc(NC(=O)/C(=C/c2cccs2)NC(=O)c2ccccc2)c1. The van der Waals surface area contributed by atoms with E-state index in [-0.39, 0.29) is 23.3 Å². The number of aryl methyl sites for hydroxylation is 1. The third-order valence-electron chi connectivity index (χ3n) is 5.58. The molecule has 3 N–H and O–H groups in total. The fourth-order valence-corrected chi connectivity index (χ4v) is 5.15. The van der Waals surface area contributed by atoms with Crippen molar-refractivity contribution < 1.29 is 19.1 Å². The fraction of sp³-hybridized carbons (Fsp3) is 0.100. The maximum Gasteiger partial charge on any atom is 0.272 e. The zero-order valence-electron chi connectivity index (χ0n) is 21.7. The predicted octanol–water partition coefficient (Wildman–Crippen LogP) is 6.86. The van der Waals surface area contributed by atoms with Gasteiger partial charge in [0.15, 0.2) is 0 Å². The van der Waals surface area contributed by atoms with Gasteiger partial charge < -0.3 is 20.7 Å². The second kappa shape index (κ2) is 13.8. The number of rotatable bonds is 10. The number of thiophene rings is 1. The Balaban J connectivity index is 1.42. The number of hydrogen-bond acceptors (Lipinski definition) is 6. The molecule has 3 amide bonds. The maximum absolute atomic E-state index is 13.2. The van der Waals surface area contributed by atoms with Gasteiger partial charge in [-0.15, -0.1) is 23.1 Å². The smallest absolute Gasteiger partial charge is 0.272 e. The summed E-state index contributed by atoms with van der Waals surface area (Å²) in [7, 11) is 1.51. The van der Waals surface area contributed by atoms with Gasteiger partial charge in [-0.2, -0.15) is 0 Å². The minimum absolute atomic E-state index is 0.112. The lowest BCUT2D eigenvalue weighted by atomic mass is 10.2. The second-order valence-electron chi connectivity index (χ2n) is 8.51. The van der Waals surface area contributed by atoms with Crippen LogP contribution in [0.3, 0.4) is 0 Å². The van der Waals surface area contributed by atoms with Crippen LogP contribution in [0.5, 0.6) is 5.75 Å². The van der Waals surface area contributed by atoms with Crippen LogP contribution < -0.4 is 20.7 Å². The second-order valence-corrected chi connectivity index (χ2v) is 10.9. The average molecular weight is 592 g/mol. The van der Waals surface area contributed by atoms with Gasteiger partial charge in [0.25, 0.3) is 11.8 Å². The monoisotopic (exact) mass is 591 g/mol. The molecule has 204 valence electrons. The Labute approximate surface area is 245 Å². The molecule has 0 bridgehead atoms. The zero-order valence-corrected chi connectivity index (χ0v) is 24.1. The number of carbonyl (C=O) groups is 3. The van der Waals surface area contributed by atoms with E-state index in [2.05, 4.69) is 16.0 Å². The first-order valence-corrected chi connectivity index (χ1v) is 14.4. The van der Waals surface area contributed by atoms with Crippen LogP contribution in [0.15, 0.2) is 94.8 Å². The summed E-state index contributed by atoms with van der Waals surface area (Å²) in [4.78, 5) is 40.2. The summed E-state index contributed by atoms with van der Waals surface area (Å²) in [5.41, 5.74) is 2.44. The van der Waals surface area contributed by atoms with E-state index in [1.165, 1.54) is 30.2 Å². The molecule has 0 aliphatic carbocycles. The van der Waals surface area contributed by atoms with E-state index in [0.29, 0.717) is 27.7 Å². The molecule has 4 rings (SSSR count). The molecular formula is C30H26ClN3O4S2. The van der Waals surface area contributed by atoms with Crippen molar-refractivity contribution in [3.8, 4) is 5.75 Å². The Kier molecular flexibility index (Phi) is 10.0. The minimum atomic E-state index is -0.470. The number of amides is 3. The highest BCUT2D eigenvalue weighted by molar-refractivity contribution is 8.00. The summed E-state index contributed by atoms with van der Waals surface area (Å²) in [6.45, 7) is 1.85. The first-order valence-electron chi connectivity index (χ1n) is 12.1. The van der Waals surface area contributed by atoms with Gasteiger partial charge in [0, 0.05) is 32.1 Å². The summed E-state index contributed by atoms with van der Waals surface area (Å²) >= 11 is 8.92.